The number of aliphatic hydroxyl groups excluding tert-OH is 1. The van der Waals surface area contributed by atoms with Crippen LogP contribution in [0.15, 0.2) is 12.7 Å². The molecule has 1 fully saturated rings. The highest BCUT2D eigenvalue weighted by molar-refractivity contribution is 5.81. The van der Waals surface area contributed by atoms with Crippen LogP contribution in [0.4, 0.5) is 5.82 Å². The van der Waals surface area contributed by atoms with Crippen LogP contribution < -0.4 is 11.1 Å². The van der Waals surface area contributed by atoms with Gasteiger partial charge in [0.15, 0.2) is 17.7 Å². The first kappa shape index (κ1) is 14.1. The first-order chi connectivity index (χ1) is 10.2. The van der Waals surface area contributed by atoms with Gasteiger partial charge < -0.3 is 25.6 Å². The van der Waals surface area contributed by atoms with Crippen molar-refractivity contribution in [2.45, 2.75) is 24.5 Å². The molecule has 3 heterocycles. The van der Waals surface area contributed by atoms with Gasteiger partial charge in [-0.3, -0.25) is 4.57 Å². The predicted octanol–water partition coefficient (Wildman–Crippen LogP) is -1.10. The first-order valence-electron chi connectivity index (χ1n) is 6.60. The molecule has 0 radical (unpaired) electrons. The van der Waals surface area contributed by atoms with E-state index in [1.54, 1.807) is 25.1 Å². The van der Waals surface area contributed by atoms with Crippen LogP contribution in [0.25, 0.3) is 11.2 Å². The van der Waals surface area contributed by atoms with Crippen molar-refractivity contribution in [2.24, 2.45) is 0 Å². The van der Waals surface area contributed by atoms with Crippen LogP contribution >= 0.6 is 0 Å². The second-order valence-electron chi connectivity index (χ2n) is 4.91. The third-order valence-electron chi connectivity index (χ3n) is 3.70. The molecule has 9 heteroatoms. The summed E-state index contributed by atoms with van der Waals surface area (Å²) >= 11 is 0. The minimum Gasteiger partial charge on any atom is -0.387 e. The first-order valence-corrected chi connectivity index (χ1v) is 6.60. The van der Waals surface area contributed by atoms with Crippen molar-refractivity contribution in [2.75, 3.05) is 26.5 Å². The number of imidazole rings is 1. The third-order valence-corrected chi connectivity index (χ3v) is 3.70. The molecule has 0 amide bonds. The lowest BCUT2D eigenvalue weighted by Crippen LogP contribution is -2.43. The van der Waals surface area contributed by atoms with Crippen LogP contribution in [0, 0.1) is 0 Å². The van der Waals surface area contributed by atoms with Gasteiger partial charge in [0.05, 0.1) is 19.0 Å². The molecule has 0 aromatic carbocycles. The molecule has 9 nitrogen and oxygen atoms in total. The number of aliphatic hydroxyl groups is 1. The van der Waals surface area contributed by atoms with Gasteiger partial charge in [0, 0.05) is 7.11 Å². The van der Waals surface area contributed by atoms with Gasteiger partial charge in [-0.15, -0.1) is 0 Å². The largest absolute Gasteiger partial charge is 0.387 e. The maximum absolute atomic E-state index is 10.5. The van der Waals surface area contributed by atoms with Crippen molar-refractivity contribution in [3.63, 3.8) is 0 Å². The lowest BCUT2D eigenvalue weighted by molar-refractivity contribution is -0.0545. The van der Waals surface area contributed by atoms with Crippen LogP contribution in [-0.2, 0) is 9.47 Å². The summed E-state index contributed by atoms with van der Waals surface area (Å²) in [5.41, 5.74) is 6.79. The second-order valence-corrected chi connectivity index (χ2v) is 4.91. The van der Waals surface area contributed by atoms with E-state index < -0.39 is 12.3 Å². The van der Waals surface area contributed by atoms with Crippen molar-refractivity contribution < 1.29 is 14.6 Å². The fourth-order valence-corrected chi connectivity index (χ4v) is 2.69. The Bertz CT molecular complexity index is 632. The Balaban J connectivity index is 1.97. The third kappa shape index (κ3) is 2.23. The summed E-state index contributed by atoms with van der Waals surface area (Å²) in [6.45, 7) is 0.378. The lowest BCUT2D eigenvalue weighted by atomic mass is 10.1. The minimum atomic E-state index is -0.760. The van der Waals surface area contributed by atoms with Crippen LogP contribution in [0.3, 0.4) is 0 Å². The quantitative estimate of drug-likeness (QED) is 0.650. The van der Waals surface area contributed by atoms with E-state index in [1.165, 1.54) is 6.33 Å². The molecule has 1 aliphatic heterocycles. The molecule has 0 bridgehead atoms. The summed E-state index contributed by atoms with van der Waals surface area (Å²) < 4.78 is 12.7. The highest BCUT2D eigenvalue weighted by Crippen LogP contribution is 2.31. The highest BCUT2D eigenvalue weighted by atomic mass is 16.6. The second kappa shape index (κ2) is 5.53. The SMILES string of the molecule is CNC1C(O)[C@H](n2cnc3c(N)ncnc32)O[C@@H]1COC. The molecule has 0 aliphatic carbocycles. The summed E-state index contributed by atoms with van der Waals surface area (Å²) in [5.74, 6) is 0.296. The number of ether oxygens (including phenoxy) is 2. The van der Waals surface area contributed by atoms with Crippen LogP contribution in [0.1, 0.15) is 6.23 Å². The molecule has 0 spiro atoms. The number of methoxy groups -OCH3 is 1. The van der Waals surface area contributed by atoms with Gasteiger partial charge in [0.2, 0.25) is 0 Å². The van der Waals surface area contributed by atoms with Crippen LogP contribution in [-0.4, -0.2) is 63.6 Å². The normalized spacial score (nSPS) is 29.3. The Kier molecular flexibility index (Phi) is 3.72. The lowest BCUT2D eigenvalue weighted by Gasteiger charge is -2.18. The van der Waals surface area contributed by atoms with E-state index in [9.17, 15) is 5.11 Å². The van der Waals surface area contributed by atoms with Crippen molar-refractivity contribution in [3.05, 3.63) is 12.7 Å². The van der Waals surface area contributed by atoms with Crippen LogP contribution in [0.2, 0.25) is 0 Å². The predicted molar refractivity (Wildman–Crippen MR) is 74.4 cm³/mol. The Hall–Kier alpha value is -1.81. The van der Waals surface area contributed by atoms with Gasteiger partial charge in [-0.2, -0.15) is 0 Å². The zero-order valence-electron chi connectivity index (χ0n) is 11.8. The Labute approximate surface area is 121 Å². The fourth-order valence-electron chi connectivity index (χ4n) is 2.69. The molecule has 4 atom stereocenters. The number of anilines is 1. The van der Waals surface area contributed by atoms with Gasteiger partial charge in [-0.25, -0.2) is 15.0 Å². The van der Waals surface area contributed by atoms with Crippen molar-refractivity contribution in [1.82, 2.24) is 24.8 Å². The monoisotopic (exact) mass is 294 g/mol. The number of nitrogens with two attached hydrogens (primary N) is 1. The fraction of sp³-hybridized carbons (Fsp3) is 0.583. The van der Waals surface area contributed by atoms with Gasteiger partial charge in [-0.1, -0.05) is 0 Å². The molecule has 114 valence electrons. The number of nitrogens with zero attached hydrogens (tertiary/aromatic N) is 4. The van der Waals surface area contributed by atoms with E-state index in [2.05, 4.69) is 20.3 Å². The number of likely N-dealkylation sites (N-methyl/N-ethyl adjacent to an activating group) is 1. The van der Waals surface area contributed by atoms with Crippen molar-refractivity contribution in [1.29, 1.82) is 0 Å². The average Bonchev–Trinajstić information content (AvgIpc) is 3.02. The number of hydrogen-bond acceptors (Lipinski definition) is 8. The molecule has 2 aromatic rings. The number of nitrogens with one attached hydrogen (secondary N) is 1. The summed E-state index contributed by atoms with van der Waals surface area (Å²) in [6, 6.07) is -0.244. The van der Waals surface area contributed by atoms with Crippen LogP contribution in [0.5, 0.6) is 0 Å². The zero-order chi connectivity index (χ0) is 15.0. The van der Waals surface area contributed by atoms with Gasteiger partial charge in [0.1, 0.15) is 24.1 Å². The van der Waals surface area contributed by atoms with E-state index in [0.717, 1.165) is 0 Å². The number of rotatable bonds is 4. The van der Waals surface area contributed by atoms with E-state index in [4.69, 9.17) is 15.2 Å². The number of hydrogen-bond donors (Lipinski definition) is 3. The molecule has 21 heavy (non-hydrogen) atoms. The van der Waals surface area contributed by atoms with Crippen molar-refractivity contribution >= 4 is 17.0 Å². The van der Waals surface area contributed by atoms with E-state index in [-0.39, 0.29) is 12.1 Å². The molecule has 0 saturated carbocycles. The van der Waals surface area contributed by atoms with E-state index in [1.807, 2.05) is 0 Å². The average molecular weight is 294 g/mol. The highest BCUT2D eigenvalue weighted by Gasteiger charge is 2.44. The topological polar surface area (TPSA) is 120 Å². The summed E-state index contributed by atoms with van der Waals surface area (Å²) in [7, 11) is 3.37. The number of nitrogen functional groups attached to an aromatic ring is 1. The molecular weight excluding hydrogens is 276 g/mol. The molecule has 1 saturated heterocycles. The summed E-state index contributed by atoms with van der Waals surface area (Å²) in [5, 5.41) is 13.5. The zero-order valence-corrected chi connectivity index (χ0v) is 11.8. The van der Waals surface area contributed by atoms with Gasteiger partial charge in [-0.05, 0) is 7.05 Å². The maximum Gasteiger partial charge on any atom is 0.167 e. The molecule has 1 aliphatic rings. The van der Waals surface area contributed by atoms with Gasteiger partial charge in [0.25, 0.3) is 0 Å². The molecule has 2 unspecified atom stereocenters. The molecule has 4 N–H and O–H groups in total. The van der Waals surface area contributed by atoms with E-state index >= 15 is 0 Å². The molecular formula is C12H18N6O3. The minimum absolute atomic E-state index is 0.244. The Morgan fingerprint density at radius 2 is 2.29 bits per heavy atom. The standard InChI is InChI=1S/C12H18N6O3/c1-14-7-6(3-20-2)21-12(9(7)19)18-5-17-8-10(13)15-4-16-11(8)18/h4-7,9,12,14,19H,3H2,1-2H3,(H2,13,15,16)/t6-,7?,9?,12-/m1/s1. The van der Waals surface area contributed by atoms with Crippen molar-refractivity contribution in [3.8, 4) is 0 Å². The summed E-state index contributed by atoms with van der Waals surface area (Å²) in [4.78, 5) is 12.3. The smallest absolute Gasteiger partial charge is 0.167 e. The molecule has 3 rings (SSSR count). The van der Waals surface area contributed by atoms with E-state index in [0.29, 0.717) is 23.6 Å². The number of aromatic nitrogens is 4. The molecule has 2 aromatic heterocycles. The Morgan fingerprint density at radius 3 is 3.00 bits per heavy atom. The van der Waals surface area contributed by atoms with Gasteiger partial charge >= 0.3 is 0 Å². The summed E-state index contributed by atoms with van der Waals surface area (Å²) in [6.07, 6.45) is 1.27. The number of fused-ring (bicyclic) bond motifs is 1. The Morgan fingerprint density at radius 1 is 1.48 bits per heavy atom. The maximum atomic E-state index is 10.5.